The first-order valence-corrected chi connectivity index (χ1v) is 7.74. The molecule has 1 aromatic rings. The van der Waals surface area contributed by atoms with Crippen LogP contribution in [0.1, 0.15) is 19.4 Å². The molecular formula is C16H21BrN2O2. The number of nitrogens with zero attached hydrogens (tertiary/aromatic N) is 2. The van der Waals surface area contributed by atoms with Crippen LogP contribution in [-0.4, -0.2) is 48.3 Å². The molecule has 0 fully saturated rings. The van der Waals surface area contributed by atoms with Crippen molar-refractivity contribution in [3.8, 4) is 0 Å². The number of carbonyl (C=O) groups excluding carboxylic acids is 2. The first kappa shape index (κ1) is 17.4. The molecule has 1 aromatic carbocycles. The zero-order valence-electron chi connectivity index (χ0n) is 12.7. The van der Waals surface area contributed by atoms with Crippen molar-refractivity contribution in [2.45, 2.75) is 13.8 Å². The summed E-state index contributed by atoms with van der Waals surface area (Å²) in [5, 5.41) is 0. The zero-order valence-corrected chi connectivity index (χ0v) is 14.3. The van der Waals surface area contributed by atoms with Crippen molar-refractivity contribution in [2.24, 2.45) is 0 Å². The number of halogens is 1. The van der Waals surface area contributed by atoms with Gasteiger partial charge >= 0.3 is 0 Å². The largest absolute Gasteiger partial charge is 0.342 e. The van der Waals surface area contributed by atoms with Crippen molar-refractivity contribution in [1.82, 2.24) is 9.80 Å². The minimum absolute atomic E-state index is 0.0369. The highest BCUT2D eigenvalue weighted by Crippen LogP contribution is 2.17. The van der Waals surface area contributed by atoms with Gasteiger partial charge < -0.3 is 9.80 Å². The number of hydrogen-bond donors (Lipinski definition) is 0. The number of likely N-dealkylation sites (N-methyl/N-ethyl adjacent to an activating group) is 2. The maximum atomic E-state index is 12.0. The molecule has 0 aromatic heterocycles. The van der Waals surface area contributed by atoms with Crippen molar-refractivity contribution >= 4 is 33.8 Å². The highest BCUT2D eigenvalue weighted by molar-refractivity contribution is 9.10. The van der Waals surface area contributed by atoms with Gasteiger partial charge in [-0.15, -0.1) is 0 Å². The Morgan fingerprint density at radius 1 is 1.19 bits per heavy atom. The molecule has 0 unspecified atom stereocenters. The Morgan fingerprint density at radius 2 is 1.81 bits per heavy atom. The molecule has 21 heavy (non-hydrogen) atoms. The lowest BCUT2D eigenvalue weighted by Crippen LogP contribution is -2.40. The summed E-state index contributed by atoms with van der Waals surface area (Å²) in [6.45, 7) is 5.27. The molecule has 0 atom stereocenters. The number of amides is 2. The molecule has 4 nitrogen and oxygen atoms in total. The molecule has 0 saturated heterocycles. The van der Waals surface area contributed by atoms with Crippen LogP contribution in [-0.2, 0) is 9.59 Å². The van der Waals surface area contributed by atoms with E-state index in [1.807, 2.05) is 38.1 Å². The maximum absolute atomic E-state index is 12.0. The molecule has 114 valence electrons. The third-order valence-corrected chi connectivity index (χ3v) is 3.90. The van der Waals surface area contributed by atoms with Crippen molar-refractivity contribution in [1.29, 1.82) is 0 Å². The first-order chi connectivity index (χ1) is 9.99. The lowest BCUT2D eigenvalue weighted by atomic mass is 10.2. The lowest BCUT2D eigenvalue weighted by molar-refractivity contribution is -0.136. The summed E-state index contributed by atoms with van der Waals surface area (Å²) in [5.74, 6) is -0.226. The molecule has 0 heterocycles. The molecular weight excluding hydrogens is 332 g/mol. The summed E-state index contributed by atoms with van der Waals surface area (Å²) in [4.78, 5) is 27.1. The van der Waals surface area contributed by atoms with Gasteiger partial charge in [0.25, 0.3) is 0 Å². The van der Waals surface area contributed by atoms with Crippen LogP contribution in [0.15, 0.2) is 34.8 Å². The highest BCUT2D eigenvalue weighted by Gasteiger charge is 2.14. The smallest absolute Gasteiger partial charge is 0.246 e. The van der Waals surface area contributed by atoms with Gasteiger partial charge in [-0.2, -0.15) is 0 Å². The predicted octanol–water partition coefficient (Wildman–Crippen LogP) is 2.79. The average Bonchev–Trinajstić information content (AvgIpc) is 2.47. The fraction of sp³-hybridized carbons (Fsp3) is 0.375. The van der Waals surface area contributed by atoms with E-state index in [2.05, 4.69) is 15.9 Å². The van der Waals surface area contributed by atoms with Gasteiger partial charge in [0.1, 0.15) is 0 Å². The second-order valence-corrected chi connectivity index (χ2v) is 5.47. The Labute approximate surface area is 134 Å². The summed E-state index contributed by atoms with van der Waals surface area (Å²) >= 11 is 3.42. The van der Waals surface area contributed by atoms with Crippen LogP contribution in [0.3, 0.4) is 0 Å². The van der Waals surface area contributed by atoms with Crippen LogP contribution in [0.25, 0.3) is 6.08 Å². The molecule has 1 rings (SSSR count). The second-order valence-electron chi connectivity index (χ2n) is 4.62. The zero-order chi connectivity index (χ0) is 15.8. The number of hydrogen-bond acceptors (Lipinski definition) is 2. The molecule has 0 spiro atoms. The van der Waals surface area contributed by atoms with E-state index in [9.17, 15) is 9.59 Å². The Hall–Kier alpha value is -1.62. The molecule has 0 N–H and O–H groups in total. The monoisotopic (exact) mass is 352 g/mol. The van der Waals surface area contributed by atoms with Gasteiger partial charge in [0.05, 0.1) is 6.54 Å². The van der Waals surface area contributed by atoms with Crippen LogP contribution < -0.4 is 0 Å². The topological polar surface area (TPSA) is 40.6 Å². The second kappa shape index (κ2) is 8.62. The van der Waals surface area contributed by atoms with Crippen LogP contribution in [0.4, 0.5) is 0 Å². The summed E-state index contributed by atoms with van der Waals surface area (Å²) < 4.78 is 0.927. The van der Waals surface area contributed by atoms with Gasteiger partial charge in [-0.3, -0.25) is 9.59 Å². The van der Waals surface area contributed by atoms with Gasteiger partial charge in [0, 0.05) is 30.7 Å². The van der Waals surface area contributed by atoms with E-state index in [1.54, 1.807) is 18.0 Å². The van der Waals surface area contributed by atoms with Crippen LogP contribution in [0, 0.1) is 0 Å². The van der Waals surface area contributed by atoms with E-state index in [-0.39, 0.29) is 18.4 Å². The minimum atomic E-state index is -0.189. The molecule has 5 heteroatoms. The minimum Gasteiger partial charge on any atom is -0.342 e. The van der Waals surface area contributed by atoms with Crippen LogP contribution >= 0.6 is 15.9 Å². The van der Waals surface area contributed by atoms with Crippen molar-refractivity contribution in [2.75, 3.05) is 26.7 Å². The summed E-state index contributed by atoms with van der Waals surface area (Å²) in [6.07, 6.45) is 3.22. The van der Waals surface area contributed by atoms with Gasteiger partial charge in [-0.1, -0.05) is 34.1 Å². The quantitative estimate of drug-likeness (QED) is 0.738. The standard InChI is InChI=1S/C16H21BrN2O2/c1-4-19(5-2)16(21)12-18(3)15(20)11-10-13-8-6-7-9-14(13)17/h6-11H,4-5,12H2,1-3H3/b11-10+. The molecule has 0 aliphatic carbocycles. The van der Waals surface area contributed by atoms with Crippen molar-refractivity contribution < 1.29 is 9.59 Å². The Balaban J connectivity index is 2.63. The summed E-state index contributed by atoms with van der Waals surface area (Å²) in [6, 6.07) is 7.65. The molecule has 2 amide bonds. The van der Waals surface area contributed by atoms with Crippen molar-refractivity contribution in [3.05, 3.63) is 40.4 Å². The Bertz CT molecular complexity index is 525. The normalized spacial score (nSPS) is 10.7. The number of rotatable bonds is 6. The van der Waals surface area contributed by atoms with Crippen LogP contribution in [0.2, 0.25) is 0 Å². The van der Waals surface area contributed by atoms with E-state index < -0.39 is 0 Å². The van der Waals surface area contributed by atoms with Crippen LogP contribution in [0.5, 0.6) is 0 Å². The molecule has 0 saturated carbocycles. The first-order valence-electron chi connectivity index (χ1n) is 6.95. The fourth-order valence-electron chi connectivity index (χ4n) is 1.86. The Morgan fingerprint density at radius 3 is 2.38 bits per heavy atom. The van der Waals surface area contributed by atoms with E-state index in [4.69, 9.17) is 0 Å². The number of benzene rings is 1. The molecule has 0 bridgehead atoms. The van der Waals surface area contributed by atoms with E-state index in [1.165, 1.54) is 11.0 Å². The molecule has 0 aliphatic heterocycles. The van der Waals surface area contributed by atoms with E-state index in [0.717, 1.165) is 10.0 Å². The van der Waals surface area contributed by atoms with Crippen molar-refractivity contribution in [3.63, 3.8) is 0 Å². The molecule has 0 radical (unpaired) electrons. The lowest BCUT2D eigenvalue weighted by Gasteiger charge is -2.22. The maximum Gasteiger partial charge on any atom is 0.246 e. The summed E-state index contributed by atoms with van der Waals surface area (Å²) in [5.41, 5.74) is 0.925. The van der Waals surface area contributed by atoms with E-state index >= 15 is 0 Å². The van der Waals surface area contributed by atoms with E-state index in [0.29, 0.717) is 13.1 Å². The SMILES string of the molecule is CCN(CC)C(=O)CN(C)C(=O)/C=C/c1ccccc1Br. The predicted molar refractivity (Wildman–Crippen MR) is 88.7 cm³/mol. The van der Waals surface area contributed by atoms with Gasteiger partial charge in [0.2, 0.25) is 11.8 Å². The fourth-order valence-corrected chi connectivity index (χ4v) is 2.27. The van der Waals surface area contributed by atoms with Gasteiger partial charge in [-0.05, 0) is 31.6 Å². The Kier molecular flexibility index (Phi) is 7.15. The highest BCUT2D eigenvalue weighted by atomic mass is 79.9. The third-order valence-electron chi connectivity index (χ3n) is 3.18. The summed E-state index contributed by atoms with van der Waals surface area (Å²) in [7, 11) is 1.63. The van der Waals surface area contributed by atoms with Gasteiger partial charge in [0.15, 0.2) is 0 Å². The number of carbonyl (C=O) groups is 2. The van der Waals surface area contributed by atoms with Gasteiger partial charge in [-0.25, -0.2) is 0 Å². The molecule has 0 aliphatic rings. The third kappa shape index (κ3) is 5.34. The average molecular weight is 353 g/mol.